The van der Waals surface area contributed by atoms with E-state index < -0.39 is 71.7 Å². The number of ether oxygens (including phenoxy) is 4. The summed E-state index contributed by atoms with van der Waals surface area (Å²) in [6.45, 7) is 0. The van der Waals surface area contributed by atoms with Gasteiger partial charge in [-0.25, -0.2) is 9.59 Å². The Morgan fingerprint density at radius 1 is 0.880 bits per heavy atom. The average molecular weight is 362 g/mol. The van der Waals surface area contributed by atoms with Crippen molar-refractivity contribution in [1.82, 2.24) is 0 Å². The molecule has 5 N–H and O–H groups in total. The molecule has 0 radical (unpaired) electrons. The topological polar surface area (TPSA) is 206 Å². The summed E-state index contributed by atoms with van der Waals surface area (Å²) in [4.78, 5) is 46.9. The molecule has 4 unspecified atom stereocenters. The van der Waals surface area contributed by atoms with E-state index in [9.17, 15) is 44.7 Å². The van der Waals surface area contributed by atoms with Gasteiger partial charge in [0.1, 0.15) is 0 Å². The molecule has 2 bridgehead atoms. The Bertz CT molecular complexity index is 739. The zero-order valence-corrected chi connectivity index (χ0v) is 12.0. The summed E-state index contributed by atoms with van der Waals surface area (Å²) in [6.07, 6.45) is -4.84. The zero-order chi connectivity index (χ0) is 18.8. The fourth-order valence-electron chi connectivity index (χ4n) is 2.47. The quantitative estimate of drug-likeness (QED) is 0.230. The van der Waals surface area contributed by atoms with E-state index >= 15 is 0 Å². The van der Waals surface area contributed by atoms with Gasteiger partial charge >= 0.3 is 35.6 Å². The summed E-state index contributed by atoms with van der Waals surface area (Å²) in [5.74, 6) is -16.7. The highest BCUT2D eigenvalue weighted by atomic mass is 16.9. The third-order valence-corrected chi connectivity index (χ3v) is 3.72. The largest absolute Gasteiger partial charge is 0.505 e. The highest BCUT2D eigenvalue weighted by molar-refractivity contribution is 5.92. The van der Waals surface area contributed by atoms with E-state index in [1.807, 2.05) is 0 Å². The van der Waals surface area contributed by atoms with Crippen LogP contribution in [0.4, 0.5) is 0 Å². The smallest absolute Gasteiger partial charge is 0.448 e. The minimum Gasteiger partial charge on any atom is -0.505 e. The van der Waals surface area contributed by atoms with E-state index in [2.05, 4.69) is 18.9 Å². The second-order valence-electron chi connectivity index (χ2n) is 5.52. The van der Waals surface area contributed by atoms with E-state index in [1.54, 1.807) is 0 Å². The minimum atomic E-state index is -3.81. The Hall–Kier alpha value is -2.90. The SMILES string of the molecule is O=C1CC2(O)CC(=O)OC(O)(C3OC(=O)C(O)=C3O)C(O)(O1)OC2=O. The van der Waals surface area contributed by atoms with Crippen LogP contribution in [0.2, 0.25) is 0 Å². The van der Waals surface area contributed by atoms with Crippen molar-refractivity contribution >= 4 is 23.9 Å². The Kier molecular flexibility index (Phi) is 3.26. The van der Waals surface area contributed by atoms with Crippen molar-refractivity contribution < 1.29 is 63.7 Å². The summed E-state index contributed by atoms with van der Waals surface area (Å²) >= 11 is 0. The number of carbonyl (C=O) groups is 4. The minimum absolute atomic E-state index is 1.13. The Morgan fingerprint density at radius 3 is 1.96 bits per heavy atom. The Morgan fingerprint density at radius 2 is 1.44 bits per heavy atom. The van der Waals surface area contributed by atoms with E-state index in [0.717, 1.165) is 0 Å². The molecule has 0 amide bonds. The van der Waals surface area contributed by atoms with Crippen molar-refractivity contribution in [2.24, 2.45) is 0 Å². The lowest BCUT2D eigenvalue weighted by atomic mass is 9.95. The lowest BCUT2D eigenvalue weighted by Gasteiger charge is -2.41. The van der Waals surface area contributed by atoms with Crippen LogP contribution in [0.5, 0.6) is 0 Å². The average Bonchev–Trinajstić information content (AvgIpc) is 2.69. The second-order valence-corrected chi connectivity index (χ2v) is 5.52. The standard InChI is InChI=1S/C12H10O13/c13-3-1-10(19)2-4(14)24-12(21,25-9(10)18)11(20,23-3)7-5(15)6(16)8(17)22-7/h7,15-16,19-21H,1-2H2. The van der Waals surface area contributed by atoms with Crippen LogP contribution in [0.1, 0.15) is 12.8 Å². The molecule has 0 aromatic heterocycles. The number of aliphatic hydroxyl groups is 5. The van der Waals surface area contributed by atoms with Gasteiger partial charge in [-0.3, -0.25) is 9.59 Å². The van der Waals surface area contributed by atoms with E-state index in [1.165, 1.54) is 0 Å². The summed E-state index contributed by atoms with van der Waals surface area (Å²) in [5, 5.41) is 49.9. The molecule has 3 aliphatic rings. The summed E-state index contributed by atoms with van der Waals surface area (Å²) in [7, 11) is 0. The van der Waals surface area contributed by atoms with Gasteiger partial charge in [-0.1, -0.05) is 0 Å². The molecule has 25 heavy (non-hydrogen) atoms. The van der Waals surface area contributed by atoms with Crippen molar-refractivity contribution in [3.8, 4) is 0 Å². The number of cyclic esters (lactones) is 2. The second kappa shape index (κ2) is 4.81. The monoisotopic (exact) mass is 362 g/mol. The first-order valence-electron chi connectivity index (χ1n) is 6.59. The van der Waals surface area contributed by atoms with Crippen LogP contribution >= 0.6 is 0 Å². The third-order valence-electron chi connectivity index (χ3n) is 3.72. The van der Waals surface area contributed by atoms with Gasteiger partial charge < -0.3 is 44.5 Å². The van der Waals surface area contributed by atoms with Crippen molar-refractivity contribution in [3.63, 3.8) is 0 Å². The first-order valence-corrected chi connectivity index (χ1v) is 6.59. The van der Waals surface area contributed by atoms with Gasteiger partial charge in [0, 0.05) is 0 Å². The van der Waals surface area contributed by atoms with Gasteiger partial charge in [0.2, 0.25) is 11.9 Å². The molecule has 2 fully saturated rings. The molecule has 13 heteroatoms. The number of rotatable bonds is 1. The summed E-state index contributed by atoms with van der Waals surface area (Å²) in [5.41, 5.74) is -2.74. The van der Waals surface area contributed by atoms with Crippen LogP contribution in [0.3, 0.4) is 0 Å². The molecule has 0 aromatic carbocycles. The maximum Gasteiger partial charge on any atom is 0.448 e. The van der Waals surface area contributed by atoms with Crippen LogP contribution in [-0.2, 0) is 38.1 Å². The fourth-order valence-corrected chi connectivity index (χ4v) is 2.47. The van der Waals surface area contributed by atoms with Crippen LogP contribution in [0.25, 0.3) is 0 Å². The maximum absolute atomic E-state index is 12.0. The van der Waals surface area contributed by atoms with Gasteiger partial charge in [-0.2, -0.15) is 0 Å². The highest BCUT2D eigenvalue weighted by Crippen LogP contribution is 2.43. The van der Waals surface area contributed by atoms with Crippen molar-refractivity contribution in [2.75, 3.05) is 0 Å². The Balaban J connectivity index is 2.16. The Labute approximate surface area is 136 Å². The molecule has 136 valence electrons. The van der Waals surface area contributed by atoms with Crippen LogP contribution < -0.4 is 0 Å². The van der Waals surface area contributed by atoms with E-state index in [4.69, 9.17) is 0 Å². The highest BCUT2D eigenvalue weighted by Gasteiger charge is 2.73. The first kappa shape index (κ1) is 16.9. The van der Waals surface area contributed by atoms with E-state index in [-0.39, 0.29) is 0 Å². The van der Waals surface area contributed by atoms with Crippen LogP contribution in [0, 0.1) is 0 Å². The lowest BCUT2D eigenvalue weighted by molar-refractivity contribution is -0.457. The lowest BCUT2D eigenvalue weighted by Crippen LogP contribution is -2.68. The molecule has 13 nitrogen and oxygen atoms in total. The van der Waals surface area contributed by atoms with Crippen molar-refractivity contribution in [2.45, 2.75) is 36.3 Å². The number of hydrogen-bond acceptors (Lipinski definition) is 13. The first-order chi connectivity index (χ1) is 11.4. The summed E-state index contributed by atoms with van der Waals surface area (Å²) < 4.78 is 17.6. The van der Waals surface area contributed by atoms with Gasteiger partial charge in [0.25, 0.3) is 0 Å². The molecular formula is C12H10O13. The van der Waals surface area contributed by atoms with Gasteiger partial charge in [-0.15, -0.1) is 0 Å². The number of carbonyl (C=O) groups excluding carboxylic acids is 4. The number of aliphatic hydroxyl groups excluding tert-OH is 2. The fraction of sp³-hybridized carbons (Fsp3) is 0.500. The predicted octanol–water partition coefficient (Wildman–Crippen LogP) is -3.26. The van der Waals surface area contributed by atoms with Crippen LogP contribution in [-0.4, -0.2) is 72.9 Å². The molecule has 3 rings (SSSR count). The molecule has 0 aliphatic carbocycles. The van der Waals surface area contributed by atoms with Gasteiger partial charge in [0.15, 0.2) is 11.4 Å². The third kappa shape index (κ3) is 2.20. The molecule has 0 spiro atoms. The van der Waals surface area contributed by atoms with Crippen molar-refractivity contribution in [1.29, 1.82) is 0 Å². The molecular weight excluding hydrogens is 352 g/mol. The van der Waals surface area contributed by atoms with Crippen LogP contribution in [0.15, 0.2) is 11.5 Å². The number of hydrogen-bond donors (Lipinski definition) is 5. The molecule has 0 aromatic rings. The molecule has 3 aliphatic heterocycles. The van der Waals surface area contributed by atoms with Crippen molar-refractivity contribution in [3.05, 3.63) is 11.5 Å². The predicted molar refractivity (Wildman–Crippen MR) is 64.5 cm³/mol. The zero-order valence-electron chi connectivity index (χ0n) is 12.0. The van der Waals surface area contributed by atoms with Gasteiger partial charge in [-0.05, 0) is 0 Å². The number of esters is 4. The molecule has 2 saturated heterocycles. The van der Waals surface area contributed by atoms with E-state index in [0.29, 0.717) is 0 Å². The number of fused-ring (bicyclic) bond motifs is 3. The normalized spacial score (nSPS) is 41.3. The molecule has 0 saturated carbocycles. The maximum atomic E-state index is 12.0. The summed E-state index contributed by atoms with van der Waals surface area (Å²) in [6, 6.07) is 0. The molecule has 4 atom stereocenters. The van der Waals surface area contributed by atoms with Gasteiger partial charge in [0.05, 0.1) is 12.8 Å². The molecule has 3 heterocycles.